The van der Waals surface area contributed by atoms with Gasteiger partial charge < -0.3 is 15.8 Å². The molecule has 2 aromatic carbocycles. The number of aliphatic hydroxyl groups is 1. The Labute approximate surface area is 246 Å². The molecular formula is C34H28N8O. The molecule has 0 atom stereocenters. The molecule has 0 saturated heterocycles. The van der Waals surface area contributed by atoms with E-state index >= 15 is 0 Å². The van der Waals surface area contributed by atoms with Crippen LogP contribution in [0.15, 0.2) is 91.3 Å². The van der Waals surface area contributed by atoms with Crippen molar-refractivity contribution < 1.29 is 5.11 Å². The van der Waals surface area contributed by atoms with E-state index in [-0.39, 0.29) is 0 Å². The van der Waals surface area contributed by atoms with Crippen molar-refractivity contribution in [1.82, 2.24) is 34.5 Å². The second-order valence-corrected chi connectivity index (χ2v) is 12.1. The third-order valence-electron chi connectivity index (χ3n) is 9.26. The summed E-state index contributed by atoms with van der Waals surface area (Å²) < 4.78 is 1.97. The first-order chi connectivity index (χ1) is 21.0. The van der Waals surface area contributed by atoms with Crippen molar-refractivity contribution in [2.45, 2.75) is 36.8 Å². The first kappa shape index (κ1) is 24.6. The van der Waals surface area contributed by atoms with Gasteiger partial charge in [-0.1, -0.05) is 54.6 Å². The largest absolute Gasteiger partial charge is 0.389 e. The molecule has 5 heterocycles. The molecule has 0 radical (unpaired) electrons. The van der Waals surface area contributed by atoms with E-state index in [1.165, 1.54) is 0 Å². The van der Waals surface area contributed by atoms with Crippen LogP contribution in [-0.2, 0) is 5.54 Å². The monoisotopic (exact) mass is 564 g/mol. The van der Waals surface area contributed by atoms with Crippen molar-refractivity contribution in [1.29, 1.82) is 0 Å². The minimum Gasteiger partial charge on any atom is -0.389 e. The molecule has 5 aromatic heterocycles. The number of nitrogens with two attached hydrogens (primary N) is 1. The van der Waals surface area contributed by atoms with Crippen LogP contribution in [0.3, 0.4) is 0 Å². The van der Waals surface area contributed by atoms with Gasteiger partial charge in [0.15, 0.2) is 17.1 Å². The van der Waals surface area contributed by atoms with Gasteiger partial charge >= 0.3 is 0 Å². The molecular weight excluding hydrogens is 536 g/mol. The fraction of sp³-hybridized carbons (Fsp3) is 0.206. The second-order valence-electron chi connectivity index (χ2n) is 12.1. The Hall–Kier alpha value is -4.99. The highest BCUT2D eigenvalue weighted by atomic mass is 16.3. The van der Waals surface area contributed by atoms with E-state index in [0.29, 0.717) is 35.9 Å². The summed E-state index contributed by atoms with van der Waals surface area (Å²) in [4.78, 5) is 18.1. The molecule has 0 aliphatic heterocycles. The average molecular weight is 565 g/mol. The quantitative estimate of drug-likeness (QED) is 0.247. The maximum absolute atomic E-state index is 10.9. The summed E-state index contributed by atoms with van der Waals surface area (Å²) in [5, 5.41) is 20.9. The van der Waals surface area contributed by atoms with Crippen molar-refractivity contribution in [3.63, 3.8) is 0 Å². The molecule has 4 N–H and O–H groups in total. The molecule has 2 fully saturated rings. The number of nitrogens with one attached hydrogen (secondary N) is 1. The zero-order valence-corrected chi connectivity index (χ0v) is 23.3. The molecule has 2 aliphatic carbocycles. The van der Waals surface area contributed by atoms with E-state index in [9.17, 15) is 5.11 Å². The van der Waals surface area contributed by atoms with E-state index in [1.807, 2.05) is 53.1 Å². The highest BCUT2D eigenvalue weighted by molar-refractivity contribution is 5.93. The number of pyridine rings is 2. The van der Waals surface area contributed by atoms with Crippen LogP contribution < -0.4 is 5.73 Å². The van der Waals surface area contributed by atoms with Crippen LogP contribution in [0.4, 0.5) is 0 Å². The van der Waals surface area contributed by atoms with Crippen molar-refractivity contribution in [2.24, 2.45) is 11.7 Å². The lowest BCUT2D eigenvalue weighted by Crippen LogP contribution is -2.60. The molecule has 0 bridgehead atoms. The van der Waals surface area contributed by atoms with Gasteiger partial charge in [0.05, 0.1) is 17.0 Å². The predicted octanol–water partition coefficient (Wildman–Crippen LogP) is 5.64. The van der Waals surface area contributed by atoms with Crippen LogP contribution in [-0.4, -0.2) is 45.2 Å². The van der Waals surface area contributed by atoms with Crippen LogP contribution in [0, 0.1) is 5.92 Å². The molecule has 9 heteroatoms. The zero-order chi connectivity index (χ0) is 28.8. The molecule has 2 saturated carbocycles. The molecule has 0 spiro atoms. The number of fused-ring (bicyclic) bond motifs is 4. The predicted molar refractivity (Wildman–Crippen MR) is 165 cm³/mol. The van der Waals surface area contributed by atoms with Crippen LogP contribution in [0.5, 0.6) is 0 Å². The fourth-order valence-corrected chi connectivity index (χ4v) is 6.93. The van der Waals surface area contributed by atoms with Gasteiger partial charge in [0.25, 0.3) is 0 Å². The van der Waals surface area contributed by atoms with Gasteiger partial charge in [-0.05, 0) is 61.4 Å². The minimum atomic E-state index is -0.604. The average Bonchev–Trinajstić information content (AvgIpc) is 3.63. The normalized spacial score (nSPS) is 21.9. The molecule has 0 amide bonds. The lowest BCUT2D eigenvalue weighted by Gasteiger charge is -2.52. The standard InChI is InChI=1S/C34H28N8O/c35-33(18-34(43,19-33)23-10-11-23)22-8-6-21(7-9-22)28-29(20-4-2-1-3-5-20)39-32-26(38-28)12-13-27-40-41-31(42(27)32)25-15-17-37-30-24(25)14-16-36-30/h1-9,12-17,23,43H,10-11,18-19,35H2,(H,36,37). The Morgan fingerprint density at radius 2 is 1.60 bits per heavy atom. The van der Waals surface area contributed by atoms with Crippen molar-refractivity contribution in [2.75, 3.05) is 0 Å². The van der Waals surface area contributed by atoms with Crippen LogP contribution in [0.25, 0.3) is 61.7 Å². The number of hydrogen-bond donors (Lipinski definition) is 3. The molecule has 210 valence electrons. The van der Waals surface area contributed by atoms with Gasteiger partial charge in [0.1, 0.15) is 11.2 Å². The first-order valence-corrected chi connectivity index (χ1v) is 14.7. The number of rotatable bonds is 5. The topological polar surface area (TPSA) is 131 Å². The maximum Gasteiger partial charge on any atom is 0.170 e. The van der Waals surface area contributed by atoms with Crippen molar-refractivity contribution in [3.8, 4) is 33.9 Å². The summed E-state index contributed by atoms with van der Waals surface area (Å²) in [6.45, 7) is 0. The minimum absolute atomic E-state index is 0.412. The van der Waals surface area contributed by atoms with Gasteiger partial charge in [-0.25, -0.2) is 15.0 Å². The number of aromatic nitrogens is 7. The maximum atomic E-state index is 10.9. The molecule has 7 aromatic rings. The third-order valence-corrected chi connectivity index (χ3v) is 9.26. The van der Waals surface area contributed by atoms with Gasteiger partial charge in [0.2, 0.25) is 0 Å². The molecule has 2 aliphatic rings. The summed E-state index contributed by atoms with van der Waals surface area (Å²) in [6, 6.07) is 26.2. The third kappa shape index (κ3) is 3.75. The van der Waals surface area contributed by atoms with Crippen molar-refractivity contribution >= 4 is 27.8 Å². The molecule has 43 heavy (non-hydrogen) atoms. The number of H-pyrrole nitrogens is 1. The van der Waals surface area contributed by atoms with Crippen LogP contribution in [0.2, 0.25) is 0 Å². The Bertz CT molecular complexity index is 2170. The Balaban J connectivity index is 1.20. The summed E-state index contributed by atoms with van der Waals surface area (Å²) in [7, 11) is 0. The van der Waals surface area contributed by atoms with E-state index in [4.69, 9.17) is 15.7 Å². The van der Waals surface area contributed by atoms with Gasteiger partial charge in [-0.3, -0.25) is 4.40 Å². The number of hydrogen-bond acceptors (Lipinski definition) is 7. The van der Waals surface area contributed by atoms with Crippen LogP contribution >= 0.6 is 0 Å². The number of nitrogens with zero attached hydrogens (tertiary/aromatic N) is 6. The van der Waals surface area contributed by atoms with Crippen LogP contribution in [0.1, 0.15) is 31.2 Å². The Morgan fingerprint density at radius 1 is 0.837 bits per heavy atom. The Kier molecular flexibility index (Phi) is 5.01. The summed E-state index contributed by atoms with van der Waals surface area (Å²) in [5.41, 5.74) is 14.0. The lowest BCUT2D eigenvalue weighted by atomic mass is 9.60. The second kappa shape index (κ2) is 8.76. The summed E-state index contributed by atoms with van der Waals surface area (Å²) in [6.07, 6.45) is 7.08. The van der Waals surface area contributed by atoms with Gasteiger partial charge in [-0.2, -0.15) is 0 Å². The zero-order valence-electron chi connectivity index (χ0n) is 23.3. The highest BCUT2D eigenvalue weighted by Gasteiger charge is 2.58. The molecule has 0 unspecified atom stereocenters. The lowest BCUT2D eigenvalue weighted by molar-refractivity contribution is -0.106. The van der Waals surface area contributed by atoms with E-state index in [2.05, 4.69) is 56.6 Å². The van der Waals surface area contributed by atoms with E-state index < -0.39 is 11.1 Å². The van der Waals surface area contributed by atoms with Gasteiger partial charge in [-0.15, -0.1) is 10.2 Å². The first-order valence-electron chi connectivity index (χ1n) is 14.7. The molecule has 9 nitrogen and oxygen atoms in total. The SMILES string of the molecule is NC1(c2ccc(-c3nc4ccc5nnc(-c6ccnc7[nH]ccc67)n5c4nc3-c3ccccc3)cc2)CC(O)(C2CC2)C1. The molecule has 9 rings (SSSR count). The summed E-state index contributed by atoms with van der Waals surface area (Å²) in [5.74, 6) is 1.09. The van der Waals surface area contributed by atoms with E-state index in [1.54, 1.807) is 6.20 Å². The number of aromatic amines is 1. The number of benzene rings is 2. The highest BCUT2D eigenvalue weighted by Crippen LogP contribution is 2.57. The van der Waals surface area contributed by atoms with Crippen molar-refractivity contribution in [3.05, 3.63) is 96.8 Å². The smallest absolute Gasteiger partial charge is 0.170 e. The van der Waals surface area contributed by atoms with E-state index in [0.717, 1.165) is 63.0 Å². The summed E-state index contributed by atoms with van der Waals surface area (Å²) >= 11 is 0. The Morgan fingerprint density at radius 3 is 2.40 bits per heavy atom. The fourth-order valence-electron chi connectivity index (χ4n) is 6.93. The van der Waals surface area contributed by atoms with Gasteiger partial charge in [0, 0.05) is 40.0 Å².